The lowest BCUT2D eigenvalue weighted by Gasteiger charge is -2.29. The van der Waals surface area contributed by atoms with Crippen molar-refractivity contribution in [3.63, 3.8) is 0 Å². The molecule has 2 aromatic rings. The monoisotopic (exact) mass is 345 g/mol. The lowest BCUT2D eigenvalue weighted by Crippen LogP contribution is -2.38. The zero-order chi connectivity index (χ0) is 16.9. The molecule has 0 aliphatic carbocycles. The normalized spacial score (nSPS) is 14.8. The molecule has 0 radical (unpaired) electrons. The number of fused-ring (bicyclic) bond motifs is 1. The largest absolute Gasteiger partial charge is 0.383 e. The van der Waals surface area contributed by atoms with Gasteiger partial charge in [-0.15, -0.1) is 11.3 Å². The third-order valence-electron chi connectivity index (χ3n) is 4.09. The number of thiophene rings is 1. The van der Waals surface area contributed by atoms with E-state index in [-0.39, 0.29) is 12.1 Å². The first-order valence-electron chi connectivity index (χ1n) is 8.12. The van der Waals surface area contributed by atoms with Crippen molar-refractivity contribution in [1.82, 2.24) is 5.32 Å². The van der Waals surface area contributed by atoms with Crippen molar-refractivity contribution in [2.24, 2.45) is 0 Å². The molecule has 0 saturated carbocycles. The quantitative estimate of drug-likeness (QED) is 0.872. The highest BCUT2D eigenvalue weighted by Crippen LogP contribution is 2.28. The van der Waals surface area contributed by atoms with Crippen LogP contribution in [0.3, 0.4) is 0 Å². The van der Waals surface area contributed by atoms with Crippen molar-refractivity contribution < 1.29 is 9.53 Å². The molecule has 6 heteroatoms. The number of ether oxygens (including phenoxy) is 1. The van der Waals surface area contributed by atoms with Gasteiger partial charge in [0.05, 0.1) is 12.6 Å². The van der Waals surface area contributed by atoms with E-state index in [4.69, 9.17) is 4.74 Å². The summed E-state index contributed by atoms with van der Waals surface area (Å²) in [5, 5.41) is 7.85. The molecule has 0 spiro atoms. The average molecular weight is 345 g/mol. The van der Waals surface area contributed by atoms with Crippen LogP contribution in [0.4, 0.5) is 16.2 Å². The third kappa shape index (κ3) is 4.07. The molecular weight excluding hydrogens is 322 g/mol. The molecule has 2 amide bonds. The Labute approximate surface area is 146 Å². The fourth-order valence-corrected chi connectivity index (χ4v) is 3.80. The number of nitrogens with one attached hydrogen (secondary N) is 2. The predicted octanol–water partition coefficient (Wildman–Crippen LogP) is 3.47. The zero-order valence-corrected chi connectivity index (χ0v) is 14.9. The SMILES string of the molecule is COC[C@H](C)NC(=O)Nc1ccc(N2CCc3sccc3C2)cc1. The minimum Gasteiger partial charge on any atom is -0.383 e. The second kappa shape index (κ2) is 7.68. The highest BCUT2D eigenvalue weighted by molar-refractivity contribution is 7.10. The first-order valence-corrected chi connectivity index (χ1v) is 9.00. The number of hydrogen-bond acceptors (Lipinski definition) is 4. The molecule has 24 heavy (non-hydrogen) atoms. The molecule has 0 fully saturated rings. The van der Waals surface area contributed by atoms with Gasteiger partial charge in [-0.25, -0.2) is 4.79 Å². The van der Waals surface area contributed by atoms with Gasteiger partial charge < -0.3 is 20.3 Å². The van der Waals surface area contributed by atoms with Gasteiger partial charge in [0.15, 0.2) is 0 Å². The van der Waals surface area contributed by atoms with Gasteiger partial charge in [-0.3, -0.25) is 0 Å². The van der Waals surface area contributed by atoms with Crippen LogP contribution in [0.25, 0.3) is 0 Å². The van der Waals surface area contributed by atoms with Crippen LogP contribution in [-0.4, -0.2) is 32.3 Å². The Morgan fingerprint density at radius 3 is 2.88 bits per heavy atom. The number of urea groups is 1. The van der Waals surface area contributed by atoms with E-state index >= 15 is 0 Å². The molecular formula is C18H23N3O2S. The Kier molecular flexibility index (Phi) is 5.37. The fraction of sp³-hybridized carbons (Fsp3) is 0.389. The van der Waals surface area contributed by atoms with Crippen molar-refractivity contribution in [3.8, 4) is 0 Å². The Morgan fingerprint density at radius 1 is 1.33 bits per heavy atom. The smallest absolute Gasteiger partial charge is 0.319 e. The first kappa shape index (κ1) is 16.8. The van der Waals surface area contributed by atoms with Gasteiger partial charge in [0.25, 0.3) is 0 Å². The number of anilines is 2. The minimum absolute atomic E-state index is 0.0255. The highest BCUT2D eigenvalue weighted by atomic mass is 32.1. The van der Waals surface area contributed by atoms with Crippen molar-refractivity contribution in [2.45, 2.75) is 25.9 Å². The zero-order valence-electron chi connectivity index (χ0n) is 14.0. The van der Waals surface area contributed by atoms with Gasteiger partial charge in [0, 0.05) is 36.5 Å². The highest BCUT2D eigenvalue weighted by Gasteiger charge is 2.17. The van der Waals surface area contributed by atoms with Crippen LogP contribution >= 0.6 is 11.3 Å². The van der Waals surface area contributed by atoms with Crippen LogP contribution in [0.1, 0.15) is 17.4 Å². The summed E-state index contributed by atoms with van der Waals surface area (Å²) < 4.78 is 5.01. The molecule has 5 nitrogen and oxygen atoms in total. The summed E-state index contributed by atoms with van der Waals surface area (Å²) >= 11 is 1.85. The summed E-state index contributed by atoms with van der Waals surface area (Å²) in [7, 11) is 1.62. The molecule has 0 saturated heterocycles. The van der Waals surface area contributed by atoms with Crippen molar-refractivity contribution in [2.75, 3.05) is 30.5 Å². The Morgan fingerprint density at radius 2 is 2.12 bits per heavy atom. The van der Waals surface area contributed by atoms with Crippen LogP contribution < -0.4 is 15.5 Å². The summed E-state index contributed by atoms with van der Waals surface area (Å²) in [6, 6.07) is 9.98. The molecule has 2 heterocycles. The van der Waals surface area contributed by atoms with Gasteiger partial charge in [0.1, 0.15) is 0 Å². The standard InChI is InChI=1S/C18H23N3O2S/c1-13(12-23-2)19-18(22)20-15-3-5-16(6-4-15)21-9-7-17-14(11-21)8-10-24-17/h3-6,8,10,13H,7,9,11-12H2,1-2H3,(H2,19,20,22)/t13-/m0/s1. The third-order valence-corrected chi connectivity index (χ3v) is 5.12. The van der Waals surface area contributed by atoms with Crippen LogP contribution in [0.2, 0.25) is 0 Å². The summed E-state index contributed by atoms with van der Waals surface area (Å²) in [6.45, 7) is 4.39. The van der Waals surface area contributed by atoms with Gasteiger partial charge in [0.2, 0.25) is 0 Å². The van der Waals surface area contributed by atoms with Crippen LogP contribution in [-0.2, 0) is 17.7 Å². The number of methoxy groups -OCH3 is 1. The molecule has 2 N–H and O–H groups in total. The summed E-state index contributed by atoms with van der Waals surface area (Å²) in [4.78, 5) is 15.8. The van der Waals surface area contributed by atoms with E-state index in [2.05, 4.69) is 39.1 Å². The lowest BCUT2D eigenvalue weighted by molar-refractivity contribution is 0.173. The molecule has 1 atom stereocenters. The number of nitrogens with zero attached hydrogens (tertiary/aromatic N) is 1. The number of carbonyl (C=O) groups is 1. The van der Waals surface area contributed by atoms with E-state index in [0.717, 1.165) is 25.2 Å². The van der Waals surface area contributed by atoms with Crippen LogP contribution in [0.15, 0.2) is 35.7 Å². The summed E-state index contributed by atoms with van der Waals surface area (Å²) in [5.41, 5.74) is 3.40. The predicted molar refractivity (Wildman–Crippen MR) is 99.0 cm³/mol. The van der Waals surface area contributed by atoms with Gasteiger partial charge in [-0.05, 0) is 54.6 Å². The molecule has 1 aliphatic rings. The summed E-state index contributed by atoms with van der Waals surface area (Å²) in [5.74, 6) is 0. The van der Waals surface area contributed by atoms with Crippen LogP contribution in [0, 0.1) is 0 Å². The second-order valence-electron chi connectivity index (χ2n) is 6.04. The van der Waals surface area contributed by atoms with E-state index in [9.17, 15) is 4.79 Å². The molecule has 0 unspecified atom stereocenters. The molecule has 1 aromatic heterocycles. The molecule has 1 aromatic carbocycles. The molecule has 3 rings (SSSR count). The van der Waals surface area contributed by atoms with Gasteiger partial charge in [-0.1, -0.05) is 0 Å². The second-order valence-corrected chi connectivity index (χ2v) is 7.04. The number of hydrogen-bond donors (Lipinski definition) is 2. The molecule has 1 aliphatic heterocycles. The number of benzene rings is 1. The summed E-state index contributed by atoms with van der Waals surface area (Å²) in [6.07, 6.45) is 1.10. The maximum Gasteiger partial charge on any atom is 0.319 e. The van der Waals surface area contributed by atoms with E-state index in [0.29, 0.717) is 6.61 Å². The van der Waals surface area contributed by atoms with Gasteiger partial charge >= 0.3 is 6.03 Å². The van der Waals surface area contributed by atoms with Crippen molar-refractivity contribution >= 4 is 28.7 Å². The van der Waals surface area contributed by atoms with Crippen LogP contribution in [0.5, 0.6) is 0 Å². The maximum absolute atomic E-state index is 11.9. The Balaban J connectivity index is 1.57. The lowest BCUT2D eigenvalue weighted by atomic mass is 10.1. The average Bonchev–Trinajstić information content (AvgIpc) is 3.03. The minimum atomic E-state index is -0.215. The van der Waals surface area contributed by atoms with Gasteiger partial charge in [-0.2, -0.15) is 0 Å². The van der Waals surface area contributed by atoms with E-state index in [1.165, 1.54) is 16.1 Å². The number of amides is 2. The Hall–Kier alpha value is -2.05. The Bertz CT molecular complexity index is 684. The van der Waals surface area contributed by atoms with E-state index < -0.39 is 0 Å². The van der Waals surface area contributed by atoms with E-state index in [1.807, 2.05) is 30.4 Å². The first-order chi connectivity index (χ1) is 11.7. The molecule has 0 bridgehead atoms. The van der Waals surface area contributed by atoms with Crippen molar-refractivity contribution in [1.29, 1.82) is 0 Å². The molecule has 128 valence electrons. The number of rotatable bonds is 5. The number of carbonyl (C=O) groups excluding carboxylic acids is 1. The van der Waals surface area contributed by atoms with E-state index in [1.54, 1.807) is 7.11 Å². The topological polar surface area (TPSA) is 53.6 Å². The van der Waals surface area contributed by atoms with Crippen molar-refractivity contribution in [3.05, 3.63) is 46.2 Å². The maximum atomic E-state index is 11.9. The fourth-order valence-electron chi connectivity index (χ4n) is 2.91.